The number of fused-ring (bicyclic) bond motifs is 1. The minimum atomic E-state index is -1.05. The Morgan fingerprint density at radius 1 is 1.53 bits per heavy atom. The smallest absolute Gasteiger partial charge is 0.337 e. The third kappa shape index (κ3) is 1.76. The molecule has 1 aromatic carbocycles. The van der Waals surface area contributed by atoms with Crippen LogP contribution < -0.4 is 5.69 Å². The second-order valence-corrected chi connectivity index (χ2v) is 4.74. The molecule has 1 aliphatic rings. The lowest BCUT2D eigenvalue weighted by Gasteiger charge is -2.15. The fourth-order valence-corrected chi connectivity index (χ4v) is 2.72. The molecule has 6 heteroatoms. The van der Waals surface area contributed by atoms with E-state index in [1.54, 1.807) is 16.7 Å². The summed E-state index contributed by atoms with van der Waals surface area (Å²) in [6, 6.07) is 4.84. The SMILES string of the molecule is CC1OCCC1n1c(=O)[nH]c2c(C(=O)O)cccc21. The number of nitrogens with one attached hydrogen (secondary N) is 1. The predicted molar refractivity (Wildman–Crippen MR) is 68.6 cm³/mol. The maximum absolute atomic E-state index is 12.1. The lowest BCUT2D eigenvalue weighted by molar-refractivity contribution is 0.0699. The third-order valence-corrected chi connectivity index (χ3v) is 3.65. The van der Waals surface area contributed by atoms with Crippen LogP contribution in [0, 0.1) is 0 Å². The second kappa shape index (κ2) is 4.24. The van der Waals surface area contributed by atoms with Gasteiger partial charge in [-0.05, 0) is 25.5 Å². The van der Waals surface area contributed by atoms with Gasteiger partial charge in [0, 0.05) is 6.61 Å². The summed E-state index contributed by atoms with van der Waals surface area (Å²) in [7, 11) is 0. The quantitative estimate of drug-likeness (QED) is 0.856. The molecule has 0 bridgehead atoms. The summed E-state index contributed by atoms with van der Waals surface area (Å²) in [6.45, 7) is 2.54. The molecule has 0 saturated carbocycles. The number of benzene rings is 1. The van der Waals surface area contributed by atoms with Crippen molar-refractivity contribution in [3.63, 3.8) is 0 Å². The van der Waals surface area contributed by atoms with Gasteiger partial charge >= 0.3 is 11.7 Å². The number of ether oxygens (including phenoxy) is 1. The molecule has 0 aliphatic carbocycles. The molecule has 0 radical (unpaired) electrons. The van der Waals surface area contributed by atoms with Crippen molar-refractivity contribution in [2.45, 2.75) is 25.5 Å². The molecule has 1 aliphatic heterocycles. The summed E-state index contributed by atoms with van der Waals surface area (Å²) >= 11 is 0. The van der Waals surface area contributed by atoms with Crippen LogP contribution in [0.4, 0.5) is 0 Å². The molecule has 1 saturated heterocycles. The number of aromatic carboxylic acids is 1. The van der Waals surface area contributed by atoms with Gasteiger partial charge in [-0.25, -0.2) is 9.59 Å². The number of imidazole rings is 1. The van der Waals surface area contributed by atoms with Crippen molar-refractivity contribution in [1.29, 1.82) is 0 Å². The number of nitrogens with zero attached hydrogens (tertiary/aromatic N) is 1. The fourth-order valence-electron chi connectivity index (χ4n) is 2.72. The van der Waals surface area contributed by atoms with E-state index in [4.69, 9.17) is 9.84 Å². The number of para-hydroxylation sites is 1. The molecular weight excluding hydrogens is 248 g/mol. The van der Waals surface area contributed by atoms with Crippen LogP contribution in [-0.4, -0.2) is 33.3 Å². The molecule has 2 aromatic rings. The Balaban J connectivity index is 2.26. The van der Waals surface area contributed by atoms with Crippen molar-refractivity contribution in [2.24, 2.45) is 0 Å². The minimum absolute atomic E-state index is 0.0507. The van der Waals surface area contributed by atoms with E-state index in [9.17, 15) is 9.59 Å². The molecule has 0 spiro atoms. The topological polar surface area (TPSA) is 84.3 Å². The first-order valence-electron chi connectivity index (χ1n) is 6.17. The van der Waals surface area contributed by atoms with E-state index in [1.165, 1.54) is 6.07 Å². The summed E-state index contributed by atoms with van der Waals surface area (Å²) in [6.07, 6.45) is 0.705. The normalized spacial score (nSPS) is 23.0. The van der Waals surface area contributed by atoms with Gasteiger partial charge in [-0.3, -0.25) is 4.57 Å². The first-order valence-corrected chi connectivity index (χ1v) is 6.17. The highest BCUT2D eigenvalue weighted by molar-refractivity contribution is 6.00. The van der Waals surface area contributed by atoms with Gasteiger partial charge in [-0.1, -0.05) is 6.07 Å². The summed E-state index contributed by atoms with van der Waals surface area (Å²) < 4.78 is 7.09. The maximum atomic E-state index is 12.1. The van der Waals surface area contributed by atoms with Crippen LogP contribution in [0.15, 0.2) is 23.0 Å². The molecule has 1 aromatic heterocycles. The number of aromatic amines is 1. The van der Waals surface area contributed by atoms with Crippen LogP contribution in [0.25, 0.3) is 11.0 Å². The number of carboxylic acid groups (broad SMARTS) is 1. The first-order chi connectivity index (χ1) is 9.09. The van der Waals surface area contributed by atoms with E-state index >= 15 is 0 Å². The number of hydrogen-bond acceptors (Lipinski definition) is 3. The largest absolute Gasteiger partial charge is 0.478 e. The van der Waals surface area contributed by atoms with E-state index in [-0.39, 0.29) is 23.4 Å². The molecule has 0 amide bonds. The number of carboxylic acids is 1. The number of carbonyl (C=O) groups is 1. The van der Waals surface area contributed by atoms with Gasteiger partial charge in [0.05, 0.1) is 28.7 Å². The molecule has 2 N–H and O–H groups in total. The van der Waals surface area contributed by atoms with Crippen molar-refractivity contribution in [1.82, 2.24) is 9.55 Å². The first kappa shape index (κ1) is 12.0. The Hall–Kier alpha value is -2.08. The Labute approximate surface area is 108 Å². The summed E-state index contributed by atoms with van der Waals surface area (Å²) in [5.41, 5.74) is 0.817. The molecule has 6 nitrogen and oxygen atoms in total. The van der Waals surface area contributed by atoms with E-state index in [1.807, 2.05) is 6.92 Å². The van der Waals surface area contributed by atoms with Gasteiger partial charge in [0.2, 0.25) is 0 Å². The van der Waals surface area contributed by atoms with Crippen LogP contribution in [0.3, 0.4) is 0 Å². The zero-order valence-electron chi connectivity index (χ0n) is 10.4. The lowest BCUT2D eigenvalue weighted by Crippen LogP contribution is -2.26. The Morgan fingerprint density at radius 2 is 2.32 bits per heavy atom. The Morgan fingerprint density at radius 3 is 2.95 bits per heavy atom. The van der Waals surface area contributed by atoms with E-state index in [0.29, 0.717) is 17.6 Å². The van der Waals surface area contributed by atoms with Gasteiger partial charge in [-0.2, -0.15) is 0 Å². The van der Waals surface area contributed by atoms with Crippen LogP contribution in [0.2, 0.25) is 0 Å². The van der Waals surface area contributed by atoms with Crippen LogP contribution in [0.1, 0.15) is 29.7 Å². The van der Waals surface area contributed by atoms with Crippen molar-refractivity contribution in [3.8, 4) is 0 Å². The number of rotatable bonds is 2. The zero-order chi connectivity index (χ0) is 13.6. The van der Waals surface area contributed by atoms with Crippen molar-refractivity contribution in [3.05, 3.63) is 34.2 Å². The molecule has 100 valence electrons. The van der Waals surface area contributed by atoms with Gasteiger partial charge < -0.3 is 14.8 Å². The monoisotopic (exact) mass is 262 g/mol. The van der Waals surface area contributed by atoms with Gasteiger partial charge in [0.25, 0.3) is 0 Å². The molecule has 19 heavy (non-hydrogen) atoms. The Kier molecular flexibility index (Phi) is 2.67. The minimum Gasteiger partial charge on any atom is -0.478 e. The van der Waals surface area contributed by atoms with E-state index in [0.717, 1.165) is 6.42 Å². The van der Waals surface area contributed by atoms with Crippen LogP contribution in [-0.2, 0) is 4.74 Å². The van der Waals surface area contributed by atoms with Crippen LogP contribution in [0.5, 0.6) is 0 Å². The Bertz CT molecular complexity index is 700. The predicted octanol–water partition coefficient (Wildman–Crippen LogP) is 1.38. The lowest BCUT2D eigenvalue weighted by atomic mass is 10.1. The summed E-state index contributed by atoms with van der Waals surface area (Å²) in [5.74, 6) is -1.05. The van der Waals surface area contributed by atoms with E-state index in [2.05, 4.69) is 4.98 Å². The molecular formula is C13H14N2O4. The molecule has 2 atom stereocenters. The van der Waals surface area contributed by atoms with E-state index < -0.39 is 5.97 Å². The summed E-state index contributed by atoms with van der Waals surface area (Å²) in [4.78, 5) is 25.9. The highest BCUT2D eigenvalue weighted by atomic mass is 16.5. The highest BCUT2D eigenvalue weighted by Gasteiger charge is 2.29. The molecule has 1 fully saturated rings. The number of H-pyrrole nitrogens is 1. The number of aromatic nitrogens is 2. The molecule has 3 rings (SSSR count). The van der Waals surface area contributed by atoms with Crippen molar-refractivity contribution >= 4 is 17.0 Å². The van der Waals surface area contributed by atoms with Gasteiger partial charge in [0.1, 0.15) is 0 Å². The number of hydrogen-bond donors (Lipinski definition) is 2. The average molecular weight is 262 g/mol. The van der Waals surface area contributed by atoms with Gasteiger partial charge in [-0.15, -0.1) is 0 Å². The van der Waals surface area contributed by atoms with Crippen LogP contribution >= 0.6 is 0 Å². The molecule has 2 heterocycles. The standard InChI is InChI=1S/C13H14N2O4/c1-7-9(5-6-19-7)15-10-4-2-3-8(12(16)17)11(10)14-13(15)18/h2-4,7,9H,5-6H2,1H3,(H,14,18)(H,16,17). The highest BCUT2D eigenvalue weighted by Crippen LogP contribution is 2.28. The van der Waals surface area contributed by atoms with Crippen molar-refractivity contribution in [2.75, 3.05) is 6.61 Å². The molecule has 2 unspecified atom stereocenters. The second-order valence-electron chi connectivity index (χ2n) is 4.74. The maximum Gasteiger partial charge on any atom is 0.337 e. The van der Waals surface area contributed by atoms with Crippen molar-refractivity contribution < 1.29 is 14.6 Å². The zero-order valence-corrected chi connectivity index (χ0v) is 10.4. The fraction of sp³-hybridized carbons (Fsp3) is 0.385. The van der Waals surface area contributed by atoms with Gasteiger partial charge in [0.15, 0.2) is 0 Å². The summed E-state index contributed by atoms with van der Waals surface area (Å²) in [5, 5.41) is 9.14. The third-order valence-electron chi connectivity index (χ3n) is 3.65. The average Bonchev–Trinajstić information content (AvgIpc) is 2.90.